The van der Waals surface area contributed by atoms with Crippen LogP contribution in [0.5, 0.6) is 0 Å². The van der Waals surface area contributed by atoms with E-state index >= 15 is 0 Å². The fourth-order valence-corrected chi connectivity index (χ4v) is 2.69. The largest absolute Gasteiger partial charge is 0.481 e. The van der Waals surface area contributed by atoms with Crippen molar-refractivity contribution >= 4 is 11.9 Å². The number of likely N-dealkylation sites (tertiary alicyclic amines) is 1. The van der Waals surface area contributed by atoms with Crippen LogP contribution in [0.3, 0.4) is 0 Å². The van der Waals surface area contributed by atoms with Crippen molar-refractivity contribution in [3.8, 4) is 0 Å². The second-order valence-electron chi connectivity index (χ2n) is 5.66. The van der Waals surface area contributed by atoms with E-state index in [1.165, 1.54) is 18.2 Å². The number of amides is 1. The van der Waals surface area contributed by atoms with E-state index in [9.17, 15) is 27.2 Å². The third kappa shape index (κ3) is 4.44. The molecule has 1 aromatic rings. The number of carbonyl (C=O) groups excluding carboxylic acids is 1. The number of carboxylic acids is 1. The summed E-state index contributed by atoms with van der Waals surface area (Å²) >= 11 is 0. The van der Waals surface area contributed by atoms with E-state index in [0.29, 0.717) is 0 Å². The van der Waals surface area contributed by atoms with Crippen LogP contribution >= 0.6 is 0 Å². The Balaban J connectivity index is 1.90. The molecule has 1 amide bonds. The third-order valence-electron chi connectivity index (χ3n) is 3.93. The average molecular weight is 348 g/mol. The highest BCUT2D eigenvalue weighted by Gasteiger charge is 2.52. The van der Waals surface area contributed by atoms with Gasteiger partial charge in [0.25, 0.3) is 0 Å². The van der Waals surface area contributed by atoms with Crippen molar-refractivity contribution in [2.75, 3.05) is 19.6 Å². The molecule has 1 fully saturated rings. The molecule has 1 saturated heterocycles. The molecule has 0 aromatic heterocycles. The standard InChI is InChI=1S/C15H16F4N2O3/c16-12-4-2-1-3-9(12)5-20-13(22)8-21-6-10(14(23)24)11(7-21)15(17,18)19/h1-4,10-11H,5-8H2,(H,20,22)(H,23,24)/t10-,11-/m1/s1. The lowest BCUT2D eigenvalue weighted by atomic mass is 9.96. The molecule has 2 rings (SSSR count). The lowest BCUT2D eigenvalue weighted by molar-refractivity contribution is -0.188. The van der Waals surface area contributed by atoms with Crippen LogP contribution in [-0.2, 0) is 16.1 Å². The van der Waals surface area contributed by atoms with Crippen LogP contribution < -0.4 is 5.32 Å². The first-order chi connectivity index (χ1) is 11.2. The fraction of sp³-hybridized carbons (Fsp3) is 0.467. The van der Waals surface area contributed by atoms with Gasteiger partial charge in [0.15, 0.2) is 0 Å². The predicted octanol–water partition coefficient (Wildman–Crippen LogP) is 1.64. The number of carboxylic acid groups (broad SMARTS) is 1. The lowest BCUT2D eigenvalue weighted by Gasteiger charge is -2.18. The zero-order valence-electron chi connectivity index (χ0n) is 12.5. The van der Waals surface area contributed by atoms with Crippen molar-refractivity contribution in [1.82, 2.24) is 10.2 Å². The van der Waals surface area contributed by atoms with Gasteiger partial charge in [0.05, 0.1) is 18.4 Å². The highest BCUT2D eigenvalue weighted by molar-refractivity contribution is 5.78. The number of halogens is 4. The second-order valence-corrected chi connectivity index (χ2v) is 5.66. The van der Waals surface area contributed by atoms with E-state index in [0.717, 1.165) is 4.90 Å². The van der Waals surface area contributed by atoms with Crippen molar-refractivity contribution < 1.29 is 32.3 Å². The quantitative estimate of drug-likeness (QED) is 0.794. The third-order valence-corrected chi connectivity index (χ3v) is 3.93. The molecule has 1 aliphatic heterocycles. The smallest absolute Gasteiger partial charge is 0.393 e. The Bertz CT molecular complexity index is 621. The second kappa shape index (κ2) is 7.16. The number of benzene rings is 1. The number of aliphatic carboxylic acids is 1. The van der Waals surface area contributed by atoms with Gasteiger partial charge in [0.1, 0.15) is 5.82 Å². The van der Waals surface area contributed by atoms with Gasteiger partial charge in [-0.2, -0.15) is 13.2 Å². The first-order valence-corrected chi connectivity index (χ1v) is 7.20. The predicted molar refractivity (Wildman–Crippen MR) is 75.4 cm³/mol. The molecule has 2 N–H and O–H groups in total. The van der Waals surface area contributed by atoms with Crippen molar-refractivity contribution in [2.24, 2.45) is 11.8 Å². The van der Waals surface area contributed by atoms with Gasteiger partial charge in [0, 0.05) is 25.2 Å². The van der Waals surface area contributed by atoms with Gasteiger partial charge in [-0.3, -0.25) is 14.5 Å². The van der Waals surface area contributed by atoms with E-state index in [1.807, 2.05) is 0 Å². The van der Waals surface area contributed by atoms with Gasteiger partial charge >= 0.3 is 12.1 Å². The van der Waals surface area contributed by atoms with Crippen molar-refractivity contribution in [2.45, 2.75) is 12.7 Å². The zero-order chi connectivity index (χ0) is 17.9. The topological polar surface area (TPSA) is 69.6 Å². The van der Waals surface area contributed by atoms with Gasteiger partial charge in [-0.15, -0.1) is 0 Å². The van der Waals surface area contributed by atoms with Crippen LogP contribution in [0.1, 0.15) is 5.56 Å². The van der Waals surface area contributed by atoms with Crippen LogP contribution in [0.2, 0.25) is 0 Å². The summed E-state index contributed by atoms with van der Waals surface area (Å²) in [7, 11) is 0. The van der Waals surface area contributed by atoms with E-state index < -0.39 is 42.3 Å². The Kier molecular flexibility index (Phi) is 5.43. The van der Waals surface area contributed by atoms with Crippen molar-refractivity contribution in [3.05, 3.63) is 35.6 Å². The molecule has 1 heterocycles. The Hall–Kier alpha value is -2.16. The summed E-state index contributed by atoms with van der Waals surface area (Å²) in [5.41, 5.74) is 0.254. The molecule has 24 heavy (non-hydrogen) atoms. The maximum Gasteiger partial charge on any atom is 0.393 e. The van der Waals surface area contributed by atoms with Gasteiger partial charge in [-0.05, 0) is 6.07 Å². The molecule has 1 aliphatic rings. The van der Waals surface area contributed by atoms with Crippen LogP contribution in [0.4, 0.5) is 17.6 Å². The highest BCUT2D eigenvalue weighted by Crippen LogP contribution is 2.37. The maximum absolute atomic E-state index is 13.4. The Morgan fingerprint density at radius 3 is 2.46 bits per heavy atom. The number of alkyl halides is 3. The number of rotatable bonds is 5. The first kappa shape index (κ1) is 18.2. The minimum atomic E-state index is -4.64. The van der Waals surface area contributed by atoms with Crippen LogP contribution in [-0.4, -0.2) is 47.7 Å². The molecular formula is C15H16F4N2O3. The summed E-state index contributed by atoms with van der Waals surface area (Å²) in [5, 5.41) is 11.3. The summed E-state index contributed by atoms with van der Waals surface area (Å²) in [4.78, 5) is 23.9. The summed E-state index contributed by atoms with van der Waals surface area (Å²) < 4.78 is 52.0. The number of carbonyl (C=O) groups is 2. The number of nitrogens with one attached hydrogen (secondary N) is 1. The Morgan fingerprint density at radius 1 is 1.25 bits per heavy atom. The van der Waals surface area contributed by atoms with Crippen molar-refractivity contribution in [1.29, 1.82) is 0 Å². The van der Waals surface area contributed by atoms with E-state index in [2.05, 4.69) is 5.32 Å². The minimum Gasteiger partial charge on any atom is -0.481 e. The van der Waals surface area contributed by atoms with E-state index in [-0.39, 0.29) is 25.2 Å². The summed E-state index contributed by atoms with van der Waals surface area (Å²) in [5.74, 6) is -6.22. The normalized spacial score (nSPS) is 21.7. The number of nitrogens with zero attached hydrogens (tertiary/aromatic N) is 1. The molecule has 9 heteroatoms. The SMILES string of the molecule is O=C(CN1C[C@@H](C(F)(F)F)[C@H](C(=O)O)C1)NCc1ccccc1F. The monoisotopic (exact) mass is 348 g/mol. The number of hydrogen-bond donors (Lipinski definition) is 2. The highest BCUT2D eigenvalue weighted by atomic mass is 19.4. The molecule has 1 aromatic carbocycles. The van der Waals surface area contributed by atoms with Crippen LogP contribution in [0.15, 0.2) is 24.3 Å². The molecule has 0 unspecified atom stereocenters. The van der Waals surface area contributed by atoms with Gasteiger partial charge in [-0.1, -0.05) is 18.2 Å². The lowest BCUT2D eigenvalue weighted by Crippen LogP contribution is -2.37. The molecule has 0 radical (unpaired) electrons. The van der Waals surface area contributed by atoms with Gasteiger partial charge in [-0.25, -0.2) is 4.39 Å². The van der Waals surface area contributed by atoms with Crippen LogP contribution in [0, 0.1) is 17.7 Å². The zero-order valence-corrected chi connectivity index (χ0v) is 12.5. The minimum absolute atomic E-state index is 0.0929. The Labute approximate surface area is 135 Å². The Morgan fingerprint density at radius 2 is 1.92 bits per heavy atom. The molecule has 0 saturated carbocycles. The fourth-order valence-electron chi connectivity index (χ4n) is 2.69. The molecular weight excluding hydrogens is 332 g/mol. The molecule has 0 aliphatic carbocycles. The summed E-state index contributed by atoms with van der Waals surface area (Å²) in [6, 6.07) is 5.80. The molecule has 0 bridgehead atoms. The van der Waals surface area contributed by atoms with E-state index in [1.54, 1.807) is 6.07 Å². The van der Waals surface area contributed by atoms with E-state index in [4.69, 9.17) is 5.11 Å². The number of hydrogen-bond acceptors (Lipinski definition) is 3. The van der Waals surface area contributed by atoms with Crippen LogP contribution in [0.25, 0.3) is 0 Å². The summed E-state index contributed by atoms with van der Waals surface area (Å²) in [6.07, 6.45) is -4.64. The molecule has 0 spiro atoms. The maximum atomic E-state index is 13.4. The van der Waals surface area contributed by atoms with Gasteiger partial charge in [0.2, 0.25) is 5.91 Å². The first-order valence-electron chi connectivity index (χ1n) is 7.20. The molecule has 5 nitrogen and oxygen atoms in total. The average Bonchev–Trinajstić information content (AvgIpc) is 2.90. The molecule has 132 valence electrons. The van der Waals surface area contributed by atoms with Gasteiger partial charge < -0.3 is 10.4 Å². The van der Waals surface area contributed by atoms with Crippen molar-refractivity contribution in [3.63, 3.8) is 0 Å². The summed E-state index contributed by atoms with van der Waals surface area (Å²) in [6.45, 7) is -1.37. The molecule has 2 atom stereocenters.